The molecule has 4 heterocycles. The molecule has 7 atom stereocenters. The maximum atomic E-state index is 13.1. The van der Waals surface area contributed by atoms with Gasteiger partial charge in [-0.3, -0.25) is 14.4 Å². The van der Waals surface area contributed by atoms with E-state index in [1.54, 1.807) is 70.6 Å². The third-order valence-electron chi connectivity index (χ3n) is 10.6. The van der Waals surface area contributed by atoms with Crippen molar-refractivity contribution in [1.29, 1.82) is 0 Å². The van der Waals surface area contributed by atoms with Gasteiger partial charge in [0.2, 0.25) is 0 Å². The highest BCUT2D eigenvalue weighted by Crippen LogP contribution is 2.36. The second-order valence-electron chi connectivity index (χ2n) is 17.3. The molecule has 2 amide bonds. The smallest absolute Gasteiger partial charge is 0.255 e. The minimum Gasteiger partial charge on any atom is -0.497 e. The Morgan fingerprint density at radius 3 is 1.61 bits per heavy atom. The van der Waals surface area contributed by atoms with Crippen LogP contribution in [0.5, 0.6) is 23.0 Å². The monoisotopic (exact) mass is 954 g/mol. The minimum atomic E-state index is -0.855. The van der Waals surface area contributed by atoms with Gasteiger partial charge >= 0.3 is 0 Å². The Hall–Kier alpha value is -4.64. The molecule has 6 rings (SSSR count). The minimum absolute atomic E-state index is 0.00233. The number of carbonyl (C=O) groups is 3. The zero-order valence-corrected chi connectivity index (χ0v) is 42.0. The average molecular weight is 955 g/mol. The number of hydrogen-bond acceptors (Lipinski definition) is 14. The predicted octanol–water partition coefficient (Wildman–Crippen LogP) is 6.93. The summed E-state index contributed by atoms with van der Waals surface area (Å²) in [6.45, 7) is 16.1. The molecule has 1 unspecified atom stereocenters. The van der Waals surface area contributed by atoms with Crippen LogP contribution in [-0.2, 0) is 33.2 Å². The zero-order valence-electron chi connectivity index (χ0n) is 41.0. The Morgan fingerprint density at radius 2 is 1.12 bits per heavy atom. The molecule has 0 saturated carbocycles. The molecule has 2 aromatic rings. The summed E-state index contributed by atoms with van der Waals surface area (Å²) in [6.07, 6.45) is 12.4. The van der Waals surface area contributed by atoms with E-state index in [2.05, 4.69) is 24.0 Å². The van der Waals surface area contributed by atoms with Crippen molar-refractivity contribution in [2.75, 3.05) is 68.4 Å². The van der Waals surface area contributed by atoms with E-state index in [9.17, 15) is 19.5 Å². The number of carbonyl (C=O) groups excluding carboxylic acids is 3. The summed E-state index contributed by atoms with van der Waals surface area (Å²) in [4.78, 5) is 38.9. The fourth-order valence-corrected chi connectivity index (χ4v) is 7.51. The summed E-state index contributed by atoms with van der Waals surface area (Å²) in [5.41, 5.74) is 2.04. The number of rotatable bonds is 8. The van der Waals surface area contributed by atoms with Crippen LogP contribution in [0.3, 0.4) is 0 Å². The summed E-state index contributed by atoms with van der Waals surface area (Å²) in [6, 6.07) is 6.87. The van der Waals surface area contributed by atoms with E-state index >= 15 is 0 Å². The van der Waals surface area contributed by atoms with Gasteiger partial charge < -0.3 is 63.1 Å². The largest absolute Gasteiger partial charge is 0.497 e. The Kier molecular flexibility index (Phi) is 21.5. The van der Waals surface area contributed by atoms with Crippen LogP contribution in [0, 0.1) is 11.8 Å². The van der Waals surface area contributed by atoms with Gasteiger partial charge in [0.1, 0.15) is 41.3 Å². The first-order valence-corrected chi connectivity index (χ1v) is 24.3. The lowest BCUT2D eigenvalue weighted by Gasteiger charge is -2.21. The van der Waals surface area contributed by atoms with Crippen molar-refractivity contribution in [3.63, 3.8) is 0 Å². The molecule has 16 nitrogen and oxygen atoms in total. The Balaban J connectivity index is 0.000000276. The maximum absolute atomic E-state index is 13.1. The summed E-state index contributed by atoms with van der Waals surface area (Å²) in [7, 11) is 7.21. The second-order valence-corrected chi connectivity index (χ2v) is 18.3. The van der Waals surface area contributed by atoms with Crippen molar-refractivity contribution < 1.29 is 66.9 Å². The topological polar surface area (TPSA) is 188 Å². The molecule has 17 heteroatoms. The molecule has 0 aliphatic carbocycles. The van der Waals surface area contributed by atoms with E-state index in [0.717, 1.165) is 8.58 Å². The van der Waals surface area contributed by atoms with E-state index in [0.29, 0.717) is 71.2 Å². The van der Waals surface area contributed by atoms with Crippen LogP contribution in [0.25, 0.3) is 12.2 Å². The molecule has 67 heavy (non-hydrogen) atoms. The molecule has 4 aliphatic heterocycles. The molecule has 4 aliphatic rings. The van der Waals surface area contributed by atoms with Gasteiger partial charge in [-0.25, -0.2) is 0 Å². The van der Waals surface area contributed by atoms with E-state index in [-0.39, 0.29) is 49.1 Å². The van der Waals surface area contributed by atoms with Crippen LogP contribution in [0.15, 0.2) is 60.7 Å². The molecular formula is C50H71N2O14P. The van der Waals surface area contributed by atoms with Crippen molar-refractivity contribution in [1.82, 2.24) is 10.6 Å². The van der Waals surface area contributed by atoms with Gasteiger partial charge in [0.25, 0.3) is 11.8 Å². The first-order chi connectivity index (χ1) is 31.9. The van der Waals surface area contributed by atoms with Crippen molar-refractivity contribution in [3.05, 3.63) is 83.0 Å². The number of methoxy groups -OCH3 is 4. The number of ether oxygens (including phenoxy) is 10. The average Bonchev–Trinajstić information content (AvgIpc) is 3.79. The number of hydrogen-bond donors (Lipinski definition) is 3. The normalized spacial score (nSPS) is 27.6. The highest BCUT2D eigenvalue weighted by molar-refractivity contribution is 7.35. The molecule has 370 valence electrons. The molecule has 2 fully saturated rings. The number of ketones is 1. The van der Waals surface area contributed by atoms with Crippen LogP contribution < -0.4 is 29.6 Å². The fraction of sp³-hybridized carbons (Fsp3) is 0.540. The molecule has 2 aromatic carbocycles. The Labute approximate surface area is 397 Å². The van der Waals surface area contributed by atoms with Gasteiger partial charge in [0.15, 0.2) is 30.9 Å². The molecule has 3 N–H and O–H groups in total. The van der Waals surface area contributed by atoms with E-state index < -0.39 is 36.0 Å². The number of amides is 2. The highest BCUT2D eigenvalue weighted by atomic mass is 31.1. The second kappa shape index (κ2) is 26.2. The van der Waals surface area contributed by atoms with Crippen molar-refractivity contribution in [2.24, 2.45) is 11.8 Å². The quantitative estimate of drug-likeness (QED) is 0.140. The Morgan fingerprint density at radius 1 is 0.657 bits per heavy atom. The lowest BCUT2D eigenvalue weighted by Crippen LogP contribution is -2.34. The molecular weight excluding hydrogens is 884 g/mol. The number of aliphatic hydroxyl groups excluding tert-OH is 1. The lowest BCUT2D eigenvalue weighted by molar-refractivity contribution is -0.152. The SMILES string of the molecule is COCOc1cc(OC)cc2c1C(=O)NC[C@H](C)/C=C\C(=O)[C@H]1OC(C)(C)O[C@H]1C/C=C/2.COCOc1cc(OC)cc2c1C(=O)NC[C@H](C)/C=C\C(O)[C@H]1OC(C)(C)O[C@H]1C/C=C/2.CPC. The van der Waals surface area contributed by atoms with Gasteiger partial charge in [0.05, 0.1) is 37.6 Å². The summed E-state index contributed by atoms with van der Waals surface area (Å²) in [5, 5.41) is 16.6. The maximum Gasteiger partial charge on any atom is 0.255 e. The lowest BCUT2D eigenvalue weighted by atomic mass is 9.99. The van der Waals surface area contributed by atoms with Gasteiger partial charge in [0, 0.05) is 39.4 Å². The number of fused-ring (bicyclic) bond motifs is 4. The van der Waals surface area contributed by atoms with Crippen LogP contribution in [0.2, 0.25) is 0 Å². The van der Waals surface area contributed by atoms with Gasteiger partial charge in [-0.1, -0.05) is 56.4 Å². The molecule has 2 saturated heterocycles. The van der Waals surface area contributed by atoms with Crippen LogP contribution in [0.1, 0.15) is 86.2 Å². The van der Waals surface area contributed by atoms with E-state index in [1.807, 2.05) is 52.0 Å². The van der Waals surface area contributed by atoms with Crippen LogP contribution in [0.4, 0.5) is 0 Å². The van der Waals surface area contributed by atoms with Crippen LogP contribution in [-0.4, -0.2) is 133 Å². The first-order valence-electron chi connectivity index (χ1n) is 22.3. The van der Waals surface area contributed by atoms with Gasteiger partial charge in [-0.2, -0.15) is 0 Å². The molecule has 0 radical (unpaired) electrons. The number of benzene rings is 2. The Bertz CT molecular complexity index is 2080. The third-order valence-corrected chi connectivity index (χ3v) is 10.6. The summed E-state index contributed by atoms with van der Waals surface area (Å²) >= 11 is 0. The molecule has 0 bridgehead atoms. The standard InChI is InChI=1S/C24H33NO7.C24H31NO7.C2H7P/c2*1-15-9-10-18(26)22-19(31-24(2,3)32-22)8-6-7-16-11-17(29-5)12-20(30-14-28-4)21(16)23(27)25-13-15;1-3-2/h6-7,9-12,15,18-19,22,26H,8,13-14H2,1-5H3,(H,25,27);6-7,9-12,15,19,22H,8,13-14H2,1-5H3,(H,25,27);3H,1-2H3/b2*7-6+,10-9-;/t15-,18?,19+,22-;15-,19+,22-;/m11./s1. The molecule has 0 aromatic heterocycles. The van der Waals surface area contributed by atoms with Crippen molar-refractivity contribution in [3.8, 4) is 23.0 Å². The highest BCUT2D eigenvalue weighted by Gasteiger charge is 2.44. The first kappa shape index (κ1) is 55.0. The third kappa shape index (κ3) is 16.2. The van der Waals surface area contributed by atoms with Crippen molar-refractivity contribution in [2.45, 2.75) is 96.5 Å². The van der Waals surface area contributed by atoms with Crippen LogP contribution >= 0.6 is 8.58 Å². The van der Waals surface area contributed by atoms with Gasteiger partial charge in [-0.05, 0) is 95.0 Å². The van der Waals surface area contributed by atoms with E-state index in [1.165, 1.54) is 20.3 Å². The summed E-state index contributed by atoms with van der Waals surface area (Å²) < 4.78 is 56.0. The number of nitrogens with one attached hydrogen (secondary N) is 2. The fourth-order valence-electron chi connectivity index (χ4n) is 7.51. The van der Waals surface area contributed by atoms with Gasteiger partial charge in [-0.15, -0.1) is 8.58 Å². The van der Waals surface area contributed by atoms with E-state index in [4.69, 9.17) is 47.4 Å². The summed E-state index contributed by atoms with van der Waals surface area (Å²) in [5.74, 6) is -0.616. The molecule has 0 spiro atoms. The number of aliphatic hydroxyl groups is 1. The van der Waals surface area contributed by atoms with Crippen molar-refractivity contribution >= 4 is 38.3 Å². The predicted molar refractivity (Wildman–Crippen MR) is 258 cm³/mol. The zero-order chi connectivity index (χ0) is 49.3.